The number of rotatable bonds is 8. The number of alkyl halides is 3. The fraction of sp³-hybridized carbons (Fsp3) is 0.607. The van der Waals surface area contributed by atoms with Crippen molar-refractivity contribution in [2.75, 3.05) is 19.6 Å². The van der Waals surface area contributed by atoms with Gasteiger partial charge in [-0.1, -0.05) is 37.6 Å². The van der Waals surface area contributed by atoms with Crippen molar-refractivity contribution in [1.82, 2.24) is 4.90 Å². The van der Waals surface area contributed by atoms with Crippen LogP contribution in [-0.2, 0) is 17.4 Å². The average Bonchev–Trinajstić information content (AvgIpc) is 2.84. The third-order valence-electron chi connectivity index (χ3n) is 7.87. The first kappa shape index (κ1) is 25.8. The highest BCUT2D eigenvalue weighted by molar-refractivity contribution is 5.89. The number of nitrogens with zero attached hydrogens (tertiary/aromatic N) is 1. The Labute approximate surface area is 205 Å². The molecule has 192 valence electrons. The number of aryl methyl sites for hydroxylation is 1. The van der Waals surface area contributed by atoms with Gasteiger partial charge in [-0.05, 0) is 99.3 Å². The third kappa shape index (κ3) is 6.49. The smallest absolute Gasteiger partial charge is 0.420 e. The number of fused-ring (bicyclic) bond motifs is 1. The summed E-state index contributed by atoms with van der Waals surface area (Å²) in [6.45, 7) is 4.50. The molecule has 0 unspecified atom stereocenters. The molecule has 1 aliphatic heterocycles. The Bertz CT molecular complexity index is 1010. The molecule has 1 saturated heterocycles. The molecule has 2 aromatic rings. The molecule has 0 bridgehead atoms. The molecule has 2 fully saturated rings. The second kappa shape index (κ2) is 11.2. The van der Waals surface area contributed by atoms with Crippen molar-refractivity contribution in [3.05, 3.63) is 41.5 Å². The summed E-state index contributed by atoms with van der Waals surface area (Å²) in [5.74, 6) is -0.382. The molecule has 1 saturated carbocycles. The quantitative estimate of drug-likeness (QED) is 0.435. The molecule has 0 atom stereocenters. The summed E-state index contributed by atoms with van der Waals surface area (Å²) in [5, 5.41) is 9.91. The number of carboxylic acids is 1. The van der Waals surface area contributed by atoms with Crippen LogP contribution < -0.4 is 4.74 Å². The van der Waals surface area contributed by atoms with E-state index in [0.29, 0.717) is 30.6 Å². The molecule has 1 N–H and O–H groups in total. The molecule has 35 heavy (non-hydrogen) atoms. The van der Waals surface area contributed by atoms with Crippen LogP contribution in [0.1, 0.15) is 69.4 Å². The maximum Gasteiger partial charge on any atom is 0.420 e. The SMILES string of the molecule is CC[C@H]1CC[C@@H](Oc2ccc3ccc(CCCN4CCC(C(=O)O)CC4)cc3c2C(F)(F)F)CC1. The lowest BCUT2D eigenvalue weighted by atomic mass is 9.86. The standard InChI is InChI=1S/C28H36F3NO3/c1-2-19-6-10-23(11-7-19)35-25-12-9-21-8-5-20(18-24(21)26(25)28(29,30)31)4-3-15-32-16-13-22(14-17-32)27(33)34/h5,8-9,12,18-19,22-23H,2-4,6-7,10-11,13-17H2,1H3,(H,33,34)/t19-,23+. The van der Waals surface area contributed by atoms with Crippen molar-refractivity contribution in [2.45, 2.75) is 77.0 Å². The van der Waals surface area contributed by atoms with Crippen LogP contribution in [0.3, 0.4) is 0 Å². The van der Waals surface area contributed by atoms with E-state index in [1.165, 1.54) is 6.07 Å². The number of benzene rings is 2. The van der Waals surface area contributed by atoms with Crippen LogP contribution in [0.5, 0.6) is 5.75 Å². The molecule has 1 aliphatic carbocycles. The van der Waals surface area contributed by atoms with Crippen molar-refractivity contribution in [2.24, 2.45) is 11.8 Å². The molecule has 2 aromatic carbocycles. The number of likely N-dealkylation sites (tertiary alicyclic amines) is 1. The molecule has 0 aromatic heterocycles. The van der Waals surface area contributed by atoms with Crippen LogP contribution in [0.25, 0.3) is 10.8 Å². The van der Waals surface area contributed by atoms with Gasteiger partial charge in [-0.15, -0.1) is 0 Å². The maximum atomic E-state index is 14.2. The zero-order valence-electron chi connectivity index (χ0n) is 20.4. The number of piperidine rings is 1. The van der Waals surface area contributed by atoms with Crippen molar-refractivity contribution in [3.8, 4) is 5.75 Å². The van der Waals surface area contributed by atoms with Gasteiger partial charge in [-0.3, -0.25) is 4.79 Å². The predicted octanol–water partition coefficient (Wildman–Crippen LogP) is 6.94. The van der Waals surface area contributed by atoms with Crippen LogP contribution in [0, 0.1) is 11.8 Å². The van der Waals surface area contributed by atoms with E-state index < -0.39 is 17.7 Å². The van der Waals surface area contributed by atoms with Gasteiger partial charge in [0.15, 0.2) is 0 Å². The highest BCUT2D eigenvalue weighted by atomic mass is 19.4. The lowest BCUT2D eigenvalue weighted by molar-refractivity contribution is -0.143. The van der Waals surface area contributed by atoms with E-state index in [-0.39, 0.29) is 23.2 Å². The van der Waals surface area contributed by atoms with Gasteiger partial charge >= 0.3 is 12.1 Å². The molecular formula is C28H36F3NO3. The fourth-order valence-corrected chi connectivity index (χ4v) is 5.64. The Morgan fingerprint density at radius 2 is 1.74 bits per heavy atom. The van der Waals surface area contributed by atoms with Crippen molar-refractivity contribution < 1.29 is 27.8 Å². The molecule has 0 amide bonds. The topological polar surface area (TPSA) is 49.8 Å². The highest BCUT2D eigenvalue weighted by Crippen LogP contribution is 2.43. The van der Waals surface area contributed by atoms with Gasteiger partial charge in [-0.25, -0.2) is 0 Å². The second-order valence-electron chi connectivity index (χ2n) is 10.2. The summed E-state index contributed by atoms with van der Waals surface area (Å²) in [6.07, 6.45) is 2.89. The van der Waals surface area contributed by atoms with Gasteiger partial charge in [0.25, 0.3) is 0 Å². The first-order valence-electron chi connectivity index (χ1n) is 13.0. The lowest BCUT2D eigenvalue weighted by Crippen LogP contribution is -2.36. The van der Waals surface area contributed by atoms with Crippen LogP contribution in [0.15, 0.2) is 30.3 Å². The monoisotopic (exact) mass is 491 g/mol. The predicted molar refractivity (Wildman–Crippen MR) is 131 cm³/mol. The minimum absolute atomic E-state index is 0.0524. The summed E-state index contributed by atoms with van der Waals surface area (Å²) in [5.41, 5.74) is 0.217. The zero-order chi connectivity index (χ0) is 25.0. The van der Waals surface area contributed by atoms with E-state index >= 15 is 0 Å². The molecule has 2 aliphatic rings. The molecule has 7 heteroatoms. The third-order valence-corrected chi connectivity index (χ3v) is 7.87. The Kier molecular flexibility index (Phi) is 8.25. The number of ether oxygens (including phenoxy) is 1. The fourth-order valence-electron chi connectivity index (χ4n) is 5.64. The van der Waals surface area contributed by atoms with E-state index in [0.717, 1.165) is 63.7 Å². The summed E-state index contributed by atoms with van der Waals surface area (Å²) >= 11 is 0. The number of carboxylic acid groups (broad SMARTS) is 1. The van der Waals surface area contributed by atoms with Crippen LogP contribution in [-0.4, -0.2) is 41.7 Å². The first-order chi connectivity index (χ1) is 16.7. The summed E-state index contributed by atoms with van der Waals surface area (Å²) in [7, 11) is 0. The molecule has 4 rings (SSSR count). The zero-order valence-corrected chi connectivity index (χ0v) is 20.4. The minimum Gasteiger partial charge on any atom is -0.490 e. The largest absolute Gasteiger partial charge is 0.490 e. The van der Waals surface area contributed by atoms with Gasteiger partial charge in [0.1, 0.15) is 11.3 Å². The number of hydrogen-bond acceptors (Lipinski definition) is 3. The molecule has 0 spiro atoms. The average molecular weight is 492 g/mol. The number of halogens is 3. The molecule has 1 heterocycles. The maximum absolute atomic E-state index is 14.2. The van der Waals surface area contributed by atoms with Gasteiger partial charge in [0.2, 0.25) is 0 Å². The van der Waals surface area contributed by atoms with Gasteiger partial charge in [0, 0.05) is 0 Å². The molecular weight excluding hydrogens is 455 g/mol. The normalized spacial score (nSPS) is 22.4. The Morgan fingerprint density at radius 1 is 1.06 bits per heavy atom. The minimum atomic E-state index is -4.50. The number of hydrogen-bond donors (Lipinski definition) is 1. The number of aliphatic carboxylic acids is 1. The van der Waals surface area contributed by atoms with Crippen LogP contribution >= 0.6 is 0 Å². The summed E-state index contributed by atoms with van der Waals surface area (Å²) in [6, 6.07) is 8.57. The van der Waals surface area contributed by atoms with Crippen LogP contribution in [0.2, 0.25) is 0 Å². The Hall–Kier alpha value is -2.28. The Balaban J connectivity index is 1.45. The Morgan fingerprint density at radius 3 is 2.37 bits per heavy atom. The number of carbonyl (C=O) groups is 1. The molecule has 0 radical (unpaired) electrons. The van der Waals surface area contributed by atoms with Gasteiger partial charge < -0.3 is 14.7 Å². The second-order valence-corrected chi connectivity index (χ2v) is 10.2. The van der Waals surface area contributed by atoms with E-state index in [4.69, 9.17) is 9.84 Å². The van der Waals surface area contributed by atoms with Gasteiger partial charge in [0.05, 0.1) is 12.0 Å². The van der Waals surface area contributed by atoms with Gasteiger partial charge in [-0.2, -0.15) is 13.2 Å². The van der Waals surface area contributed by atoms with E-state index in [1.54, 1.807) is 18.2 Å². The summed E-state index contributed by atoms with van der Waals surface area (Å²) in [4.78, 5) is 13.4. The van der Waals surface area contributed by atoms with E-state index in [1.807, 2.05) is 6.07 Å². The van der Waals surface area contributed by atoms with Crippen molar-refractivity contribution in [3.63, 3.8) is 0 Å². The van der Waals surface area contributed by atoms with E-state index in [9.17, 15) is 18.0 Å². The lowest BCUT2D eigenvalue weighted by Gasteiger charge is -2.30. The van der Waals surface area contributed by atoms with Crippen molar-refractivity contribution >= 4 is 16.7 Å². The summed E-state index contributed by atoms with van der Waals surface area (Å²) < 4.78 is 48.7. The van der Waals surface area contributed by atoms with E-state index in [2.05, 4.69) is 11.8 Å². The molecule has 4 nitrogen and oxygen atoms in total. The van der Waals surface area contributed by atoms with Crippen LogP contribution in [0.4, 0.5) is 13.2 Å². The van der Waals surface area contributed by atoms with Crippen molar-refractivity contribution in [1.29, 1.82) is 0 Å². The first-order valence-corrected chi connectivity index (χ1v) is 13.0. The highest BCUT2D eigenvalue weighted by Gasteiger charge is 2.37.